The molecule has 0 atom stereocenters. The van der Waals surface area contributed by atoms with E-state index in [9.17, 15) is 13.2 Å². The lowest BCUT2D eigenvalue weighted by molar-refractivity contribution is 0.0692. The summed E-state index contributed by atoms with van der Waals surface area (Å²) in [5.74, 6) is -0.681. The molecule has 0 aliphatic carbocycles. The molecule has 118 valence electrons. The van der Waals surface area contributed by atoms with Gasteiger partial charge in [-0.25, -0.2) is 17.9 Å². The topological polar surface area (TPSA) is 106 Å². The first-order valence-corrected chi connectivity index (χ1v) is 7.94. The summed E-state index contributed by atoms with van der Waals surface area (Å²) in [6.45, 7) is 1.97. The van der Waals surface area contributed by atoms with Gasteiger partial charge in [0.05, 0.1) is 24.3 Å². The molecule has 7 nitrogen and oxygen atoms in total. The molecule has 8 heteroatoms. The van der Waals surface area contributed by atoms with Crippen LogP contribution in [0.5, 0.6) is 5.75 Å². The van der Waals surface area contributed by atoms with Crippen molar-refractivity contribution in [3.63, 3.8) is 0 Å². The van der Waals surface area contributed by atoms with Gasteiger partial charge in [0.2, 0.25) is 10.0 Å². The Balaban J connectivity index is 2.26. The number of aromatic carboxylic acids is 1. The number of sulfonamides is 1. The summed E-state index contributed by atoms with van der Waals surface area (Å²) in [5, 5.41) is 9.15. The van der Waals surface area contributed by atoms with Crippen molar-refractivity contribution in [3.8, 4) is 5.75 Å². The fraction of sp³-hybridized carbons (Fsp3) is 0.214. The molecule has 0 amide bonds. The van der Waals surface area contributed by atoms with Crippen LogP contribution in [0, 0.1) is 0 Å². The van der Waals surface area contributed by atoms with Crippen molar-refractivity contribution >= 4 is 16.0 Å². The van der Waals surface area contributed by atoms with E-state index in [1.165, 1.54) is 18.4 Å². The molecule has 1 aromatic carbocycles. The van der Waals surface area contributed by atoms with Crippen LogP contribution in [0.25, 0.3) is 0 Å². The van der Waals surface area contributed by atoms with Gasteiger partial charge in [-0.1, -0.05) is 0 Å². The Bertz CT molecular complexity index is 752. The average Bonchev–Trinajstić information content (AvgIpc) is 2.99. The minimum atomic E-state index is -3.85. The van der Waals surface area contributed by atoms with Gasteiger partial charge in [-0.05, 0) is 37.3 Å². The zero-order chi connectivity index (χ0) is 16.2. The van der Waals surface area contributed by atoms with Gasteiger partial charge < -0.3 is 14.3 Å². The van der Waals surface area contributed by atoms with Crippen molar-refractivity contribution in [2.24, 2.45) is 0 Å². The molecular formula is C14H15NO6S. The number of hydrogen-bond acceptors (Lipinski definition) is 5. The van der Waals surface area contributed by atoms with Gasteiger partial charge in [0.25, 0.3) is 0 Å². The molecule has 0 aliphatic rings. The number of carboxylic acid groups (broad SMARTS) is 1. The zero-order valence-electron chi connectivity index (χ0n) is 11.8. The number of benzene rings is 1. The predicted octanol–water partition coefficient (Wildman–Crippen LogP) is 1.86. The highest BCUT2D eigenvalue weighted by Crippen LogP contribution is 2.23. The molecular weight excluding hydrogens is 310 g/mol. The SMILES string of the molecule is CCOc1ccc(S(=O)(=O)NCc2ccco2)cc1C(=O)O. The number of carboxylic acids is 1. The van der Waals surface area contributed by atoms with Crippen molar-refractivity contribution in [3.05, 3.63) is 47.9 Å². The van der Waals surface area contributed by atoms with Crippen molar-refractivity contribution in [1.29, 1.82) is 0 Å². The summed E-state index contributed by atoms with van der Waals surface area (Å²) in [6.07, 6.45) is 1.43. The highest BCUT2D eigenvalue weighted by Gasteiger charge is 2.19. The van der Waals surface area contributed by atoms with E-state index in [1.807, 2.05) is 0 Å². The van der Waals surface area contributed by atoms with E-state index in [2.05, 4.69) is 4.72 Å². The highest BCUT2D eigenvalue weighted by atomic mass is 32.2. The Kier molecular flexibility index (Phi) is 4.84. The first kappa shape index (κ1) is 16.1. The van der Waals surface area contributed by atoms with E-state index in [0.29, 0.717) is 5.76 Å². The molecule has 1 aromatic heterocycles. The Hall–Kier alpha value is -2.32. The van der Waals surface area contributed by atoms with Gasteiger partial charge in [0.1, 0.15) is 17.1 Å². The smallest absolute Gasteiger partial charge is 0.339 e. The van der Waals surface area contributed by atoms with E-state index >= 15 is 0 Å². The lowest BCUT2D eigenvalue weighted by Crippen LogP contribution is -2.23. The summed E-state index contributed by atoms with van der Waals surface area (Å²) in [5.41, 5.74) is -0.206. The van der Waals surface area contributed by atoms with Crippen molar-refractivity contribution in [2.45, 2.75) is 18.4 Å². The van der Waals surface area contributed by atoms with Crippen LogP contribution in [-0.2, 0) is 16.6 Å². The van der Waals surface area contributed by atoms with Crippen LogP contribution in [0.15, 0.2) is 45.9 Å². The number of carbonyl (C=O) groups is 1. The molecule has 0 spiro atoms. The van der Waals surface area contributed by atoms with Crippen LogP contribution in [0.1, 0.15) is 23.0 Å². The number of ether oxygens (including phenoxy) is 1. The van der Waals surface area contributed by atoms with Gasteiger partial charge in [-0.3, -0.25) is 0 Å². The van der Waals surface area contributed by atoms with E-state index in [0.717, 1.165) is 6.07 Å². The third-order valence-electron chi connectivity index (χ3n) is 2.81. The average molecular weight is 325 g/mol. The van der Waals surface area contributed by atoms with E-state index in [-0.39, 0.29) is 29.4 Å². The molecule has 2 aromatic rings. The molecule has 0 radical (unpaired) electrons. The van der Waals surface area contributed by atoms with Crippen LogP contribution in [0.3, 0.4) is 0 Å². The summed E-state index contributed by atoms with van der Waals surface area (Å²) in [6, 6.07) is 6.96. The standard InChI is InChI=1S/C14H15NO6S/c1-2-20-13-6-5-11(8-12(13)14(16)17)22(18,19)15-9-10-4-3-7-21-10/h3-8,15H,2,9H2,1H3,(H,16,17). The Morgan fingerprint density at radius 1 is 1.36 bits per heavy atom. The molecule has 0 saturated carbocycles. The van der Waals surface area contributed by atoms with Crippen LogP contribution in [-0.4, -0.2) is 26.1 Å². The molecule has 0 aliphatic heterocycles. The lowest BCUT2D eigenvalue weighted by atomic mass is 10.2. The van der Waals surface area contributed by atoms with Gasteiger partial charge >= 0.3 is 5.97 Å². The number of furan rings is 1. The van der Waals surface area contributed by atoms with E-state index < -0.39 is 16.0 Å². The van der Waals surface area contributed by atoms with Crippen LogP contribution >= 0.6 is 0 Å². The zero-order valence-corrected chi connectivity index (χ0v) is 12.6. The summed E-state index contributed by atoms with van der Waals surface area (Å²) >= 11 is 0. The van der Waals surface area contributed by atoms with Crippen LogP contribution < -0.4 is 9.46 Å². The van der Waals surface area contributed by atoms with Crippen molar-refractivity contribution < 1.29 is 27.5 Å². The molecule has 0 saturated heterocycles. The minimum absolute atomic E-state index is 0.0229. The normalized spacial score (nSPS) is 11.3. The number of hydrogen-bond donors (Lipinski definition) is 2. The molecule has 0 bridgehead atoms. The molecule has 1 heterocycles. The Labute approximate surface area is 127 Å². The molecule has 0 fully saturated rings. The molecule has 22 heavy (non-hydrogen) atoms. The summed E-state index contributed by atoms with van der Waals surface area (Å²) < 4.78 is 36.9. The van der Waals surface area contributed by atoms with Crippen LogP contribution in [0.4, 0.5) is 0 Å². The van der Waals surface area contributed by atoms with Gasteiger partial charge in [0, 0.05) is 0 Å². The second-order valence-corrected chi connectivity index (χ2v) is 6.07. The largest absolute Gasteiger partial charge is 0.493 e. The van der Waals surface area contributed by atoms with E-state index in [4.69, 9.17) is 14.3 Å². The minimum Gasteiger partial charge on any atom is -0.493 e. The van der Waals surface area contributed by atoms with Gasteiger partial charge in [-0.15, -0.1) is 0 Å². The molecule has 2 rings (SSSR count). The Morgan fingerprint density at radius 3 is 2.73 bits per heavy atom. The lowest BCUT2D eigenvalue weighted by Gasteiger charge is -2.10. The third-order valence-corrected chi connectivity index (χ3v) is 4.21. The van der Waals surface area contributed by atoms with Gasteiger partial charge in [0.15, 0.2) is 0 Å². The monoisotopic (exact) mass is 325 g/mol. The number of rotatable bonds is 7. The second kappa shape index (κ2) is 6.63. The predicted molar refractivity (Wildman–Crippen MR) is 77.3 cm³/mol. The van der Waals surface area contributed by atoms with Crippen LogP contribution in [0.2, 0.25) is 0 Å². The fourth-order valence-corrected chi connectivity index (χ4v) is 2.81. The fourth-order valence-electron chi connectivity index (χ4n) is 1.79. The van der Waals surface area contributed by atoms with Crippen molar-refractivity contribution in [2.75, 3.05) is 6.61 Å². The van der Waals surface area contributed by atoms with E-state index in [1.54, 1.807) is 19.1 Å². The van der Waals surface area contributed by atoms with Crippen molar-refractivity contribution in [1.82, 2.24) is 4.72 Å². The quantitative estimate of drug-likeness (QED) is 0.805. The first-order valence-electron chi connectivity index (χ1n) is 6.46. The van der Waals surface area contributed by atoms with Gasteiger partial charge in [-0.2, -0.15) is 0 Å². The third kappa shape index (κ3) is 3.66. The maximum atomic E-state index is 12.2. The summed E-state index contributed by atoms with van der Waals surface area (Å²) in [4.78, 5) is 11.1. The highest BCUT2D eigenvalue weighted by molar-refractivity contribution is 7.89. The first-order chi connectivity index (χ1) is 10.4. The Morgan fingerprint density at radius 2 is 2.14 bits per heavy atom. The maximum Gasteiger partial charge on any atom is 0.339 e. The number of nitrogens with one attached hydrogen (secondary N) is 1. The summed E-state index contributed by atoms with van der Waals surface area (Å²) in [7, 11) is -3.85. The maximum absolute atomic E-state index is 12.2. The molecule has 0 unspecified atom stereocenters. The molecule has 2 N–H and O–H groups in total. The second-order valence-electron chi connectivity index (χ2n) is 4.30.